The van der Waals surface area contributed by atoms with E-state index in [-0.39, 0.29) is 29.1 Å². The maximum absolute atomic E-state index is 13.6. The number of likely N-dealkylation sites (tertiary alicyclic amines) is 1. The Bertz CT molecular complexity index is 1470. The molecule has 4 N–H and O–H groups in total. The Balaban J connectivity index is 1.47. The van der Waals surface area contributed by atoms with Gasteiger partial charge in [0.15, 0.2) is 0 Å². The quantitative estimate of drug-likeness (QED) is 0.295. The van der Waals surface area contributed by atoms with Crippen LogP contribution in [0, 0.1) is 0 Å². The van der Waals surface area contributed by atoms with Crippen molar-refractivity contribution in [2.45, 2.75) is 31.5 Å². The normalized spacial score (nSPS) is 18.2. The number of nitrogens with one attached hydrogen (secondary N) is 2. The number of rotatable bonds is 4. The number of amides is 1. The van der Waals surface area contributed by atoms with Gasteiger partial charge in [-0.15, -0.1) is 0 Å². The van der Waals surface area contributed by atoms with Crippen LogP contribution in [0.5, 0.6) is 0 Å². The minimum Gasteiger partial charge on any atom is -0.399 e. The second-order valence-electron chi connectivity index (χ2n) is 9.22. The molecule has 11 heteroatoms. The van der Waals surface area contributed by atoms with E-state index in [0.29, 0.717) is 41.4 Å². The molecule has 0 spiro atoms. The summed E-state index contributed by atoms with van der Waals surface area (Å²) in [6, 6.07) is 12.6. The fourth-order valence-electron chi connectivity index (χ4n) is 4.74. The summed E-state index contributed by atoms with van der Waals surface area (Å²) in [5, 5.41) is 4.10. The fourth-order valence-corrected chi connectivity index (χ4v) is 4.91. The lowest BCUT2D eigenvalue weighted by Gasteiger charge is -2.37. The smallest absolute Gasteiger partial charge is 0.399 e. The van der Waals surface area contributed by atoms with Crippen molar-refractivity contribution in [2.75, 3.05) is 24.1 Å². The second kappa shape index (κ2) is 9.59. The van der Waals surface area contributed by atoms with Crippen molar-refractivity contribution in [3.05, 3.63) is 71.3 Å². The highest BCUT2D eigenvalue weighted by Gasteiger charge is 2.35. The highest BCUT2D eigenvalue weighted by molar-refractivity contribution is 6.31. The highest BCUT2D eigenvalue weighted by atomic mass is 35.5. The van der Waals surface area contributed by atoms with Crippen LogP contribution in [0.15, 0.2) is 54.7 Å². The molecule has 7 nitrogen and oxygen atoms in total. The van der Waals surface area contributed by atoms with Gasteiger partial charge >= 0.3 is 6.18 Å². The molecule has 1 amide bonds. The first-order valence-electron chi connectivity index (χ1n) is 11.7. The number of alkyl halides is 3. The SMILES string of the molecule is CC(=O)N1C[C@H](Nc2cc(C(F)(F)F)nc3ccc(Cl)cc23)C[C@H](c2ncc(-c3cccc(N)c3)[nH]2)C1. The molecule has 5 rings (SSSR count). The summed E-state index contributed by atoms with van der Waals surface area (Å²) in [5.74, 6) is 0.398. The zero-order valence-electron chi connectivity index (χ0n) is 19.8. The third kappa shape index (κ3) is 5.34. The predicted molar refractivity (Wildman–Crippen MR) is 137 cm³/mol. The third-order valence-corrected chi connectivity index (χ3v) is 6.73. The standard InChI is InChI=1S/C26H24ClF3N6O/c1-14(37)36-12-16(25-32-11-23(35-25)15-3-2-4-18(31)7-15)8-19(13-36)33-22-10-24(26(28,29)30)34-21-6-5-17(27)9-20(21)22/h2-7,9-11,16,19H,8,12-13,31H2,1H3,(H,32,35)(H,33,34)/t16-,19+/m0/s1. The van der Waals surface area contributed by atoms with Gasteiger partial charge in [0.05, 0.1) is 17.4 Å². The lowest BCUT2D eigenvalue weighted by Crippen LogP contribution is -2.47. The highest BCUT2D eigenvalue weighted by Crippen LogP contribution is 2.36. The molecular formula is C26H24ClF3N6O. The Morgan fingerprint density at radius 2 is 2.00 bits per heavy atom. The Labute approximate surface area is 215 Å². The number of carbonyl (C=O) groups excluding carboxylic acids is 1. The van der Waals surface area contributed by atoms with Crippen molar-refractivity contribution in [1.29, 1.82) is 0 Å². The average Bonchev–Trinajstić information content (AvgIpc) is 3.34. The number of hydrogen-bond acceptors (Lipinski definition) is 5. The molecule has 2 atom stereocenters. The van der Waals surface area contributed by atoms with Crippen LogP contribution in [0.2, 0.25) is 5.02 Å². The zero-order valence-corrected chi connectivity index (χ0v) is 20.6. The Hall–Kier alpha value is -3.79. The van der Waals surface area contributed by atoms with Gasteiger partial charge in [0.1, 0.15) is 11.5 Å². The van der Waals surface area contributed by atoms with Gasteiger partial charge in [-0.05, 0) is 42.8 Å². The monoisotopic (exact) mass is 528 g/mol. The Morgan fingerprint density at radius 3 is 2.73 bits per heavy atom. The number of H-pyrrole nitrogens is 1. The van der Waals surface area contributed by atoms with Crippen molar-refractivity contribution in [3.63, 3.8) is 0 Å². The molecule has 2 aromatic heterocycles. The number of pyridine rings is 1. The van der Waals surface area contributed by atoms with Crippen molar-refractivity contribution < 1.29 is 18.0 Å². The lowest BCUT2D eigenvalue weighted by molar-refractivity contribution is -0.140. The summed E-state index contributed by atoms with van der Waals surface area (Å²) in [6.07, 6.45) is -2.36. The van der Waals surface area contributed by atoms with Crippen molar-refractivity contribution in [3.8, 4) is 11.3 Å². The molecule has 4 aromatic rings. The maximum Gasteiger partial charge on any atom is 0.433 e. The first-order valence-corrected chi connectivity index (χ1v) is 12.0. The van der Waals surface area contributed by atoms with Crippen LogP contribution in [0.3, 0.4) is 0 Å². The van der Waals surface area contributed by atoms with Gasteiger partial charge in [0.2, 0.25) is 5.91 Å². The van der Waals surface area contributed by atoms with E-state index in [1.165, 1.54) is 19.1 Å². The number of fused-ring (bicyclic) bond motifs is 1. The topological polar surface area (TPSA) is 99.9 Å². The van der Waals surface area contributed by atoms with Crippen LogP contribution < -0.4 is 11.1 Å². The van der Waals surface area contributed by atoms with E-state index in [4.69, 9.17) is 17.3 Å². The maximum atomic E-state index is 13.6. The van der Waals surface area contributed by atoms with Gasteiger partial charge < -0.3 is 20.9 Å². The number of halogens is 4. The van der Waals surface area contributed by atoms with Crippen LogP contribution >= 0.6 is 11.6 Å². The van der Waals surface area contributed by atoms with Crippen LogP contribution in [0.25, 0.3) is 22.2 Å². The number of aromatic amines is 1. The molecule has 0 bridgehead atoms. The van der Waals surface area contributed by atoms with E-state index < -0.39 is 11.9 Å². The van der Waals surface area contributed by atoms with Gasteiger partial charge in [-0.1, -0.05) is 23.7 Å². The molecule has 2 aromatic carbocycles. The molecule has 37 heavy (non-hydrogen) atoms. The summed E-state index contributed by atoms with van der Waals surface area (Å²) in [5.41, 5.74) is 7.63. The number of aromatic nitrogens is 3. The minimum atomic E-state index is -4.61. The molecule has 1 fully saturated rings. The van der Waals surface area contributed by atoms with Crippen LogP contribution in [-0.4, -0.2) is 44.9 Å². The van der Waals surface area contributed by atoms with Gasteiger partial charge in [0, 0.05) is 59.3 Å². The number of benzene rings is 2. The third-order valence-electron chi connectivity index (χ3n) is 6.50. The molecule has 1 aliphatic heterocycles. The minimum absolute atomic E-state index is 0.127. The number of nitrogen functional groups attached to an aromatic ring is 1. The van der Waals surface area contributed by atoms with Gasteiger partial charge in [-0.2, -0.15) is 13.2 Å². The Morgan fingerprint density at radius 1 is 1.19 bits per heavy atom. The first-order chi connectivity index (χ1) is 17.6. The number of nitrogens with zero attached hydrogens (tertiary/aromatic N) is 3. The molecule has 0 radical (unpaired) electrons. The molecule has 192 valence electrons. The van der Waals surface area contributed by atoms with E-state index in [2.05, 4.69) is 20.3 Å². The number of carbonyl (C=O) groups is 1. The van der Waals surface area contributed by atoms with Crippen molar-refractivity contribution >= 4 is 39.8 Å². The molecule has 1 saturated heterocycles. The average molecular weight is 529 g/mol. The van der Waals surface area contributed by atoms with Gasteiger partial charge in [0.25, 0.3) is 0 Å². The van der Waals surface area contributed by atoms with E-state index in [0.717, 1.165) is 17.3 Å². The van der Waals surface area contributed by atoms with E-state index in [9.17, 15) is 18.0 Å². The number of nitrogens with two attached hydrogens (primary N) is 1. The van der Waals surface area contributed by atoms with Crippen molar-refractivity contribution in [2.24, 2.45) is 0 Å². The van der Waals surface area contributed by atoms with E-state index in [1.54, 1.807) is 23.2 Å². The van der Waals surface area contributed by atoms with Crippen LogP contribution in [0.1, 0.15) is 30.8 Å². The van der Waals surface area contributed by atoms with Crippen molar-refractivity contribution in [1.82, 2.24) is 19.9 Å². The predicted octanol–water partition coefficient (Wildman–Crippen LogP) is 5.70. The molecule has 0 unspecified atom stereocenters. The van der Waals surface area contributed by atoms with Crippen LogP contribution in [-0.2, 0) is 11.0 Å². The molecule has 0 aliphatic carbocycles. The second-order valence-corrected chi connectivity index (χ2v) is 9.66. The zero-order chi connectivity index (χ0) is 26.3. The molecule has 1 aliphatic rings. The number of piperidine rings is 1. The Kier molecular flexibility index (Phi) is 6.45. The molecule has 0 saturated carbocycles. The summed E-state index contributed by atoms with van der Waals surface area (Å²) in [7, 11) is 0. The lowest BCUT2D eigenvalue weighted by atomic mass is 9.93. The number of hydrogen-bond donors (Lipinski definition) is 3. The van der Waals surface area contributed by atoms with Crippen LogP contribution in [0.4, 0.5) is 24.5 Å². The summed E-state index contributed by atoms with van der Waals surface area (Å²) in [6.45, 7) is 2.25. The fraction of sp³-hybridized carbons (Fsp3) is 0.269. The largest absolute Gasteiger partial charge is 0.433 e. The first kappa shape index (κ1) is 24.9. The van der Waals surface area contributed by atoms with Gasteiger partial charge in [-0.3, -0.25) is 4.79 Å². The molecule has 3 heterocycles. The summed E-state index contributed by atoms with van der Waals surface area (Å²) >= 11 is 6.14. The van der Waals surface area contributed by atoms with E-state index >= 15 is 0 Å². The number of imidazole rings is 1. The number of anilines is 2. The van der Waals surface area contributed by atoms with E-state index in [1.807, 2.05) is 18.2 Å². The van der Waals surface area contributed by atoms with Gasteiger partial charge in [-0.25, -0.2) is 9.97 Å². The molecular weight excluding hydrogens is 505 g/mol. The summed E-state index contributed by atoms with van der Waals surface area (Å²) in [4.78, 5) is 25.7. The summed E-state index contributed by atoms with van der Waals surface area (Å²) < 4.78 is 40.7.